The standard InChI is InChI=1S/C21H16N4O2/c1-27-20-14(9-4-10-23-20)13-7-3-8-15-18(22)17-16(24-19(13)15)11-25(21(17)26)12-5-2-6-12/h2-10H,11H2,1H3,(H2,22,24). The molecule has 0 saturated heterocycles. The molecule has 6 heteroatoms. The maximum atomic E-state index is 12.9. The Morgan fingerprint density at radius 2 is 2.00 bits per heavy atom. The Morgan fingerprint density at radius 3 is 2.74 bits per heavy atom. The van der Waals surface area contributed by atoms with E-state index in [-0.39, 0.29) is 5.91 Å². The fraction of sp³-hybridized carbons (Fsp3) is 0.0952. The van der Waals surface area contributed by atoms with Gasteiger partial charge in [0, 0.05) is 28.4 Å². The maximum Gasteiger partial charge on any atom is 0.262 e. The zero-order valence-electron chi connectivity index (χ0n) is 14.6. The van der Waals surface area contributed by atoms with Crippen molar-refractivity contribution in [3.63, 3.8) is 0 Å². The monoisotopic (exact) mass is 356 g/mol. The Kier molecular flexibility index (Phi) is 3.27. The Bertz CT molecular complexity index is 1180. The van der Waals surface area contributed by atoms with E-state index in [1.54, 1.807) is 18.2 Å². The molecule has 0 fully saturated rings. The van der Waals surface area contributed by atoms with Crippen molar-refractivity contribution in [1.29, 1.82) is 0 Å². The van der Waals surface area contributed by atoms with E-state index in [2.05, 4.69) is 4.98 Å². The lowest BCUT2D eigenvalue weighted by atomic mass is 10.00. The molecule has 3 heterocycles. The van der Waals surface area contributed by atoms with E-state index in [1.165, 1.54) is 0 Å². The average molecular weight is 356 g/mol. The van der Waals surface area contributed by atoms with Gasteiger partial charge in [-0.1, -0.05) is 24.3 Å². The van der Waals surface area contributed by atoms with E-state index in [0.717, 1.165) is 27.7 Å². The van der Waals surface area contributed by atoms with Gasteiger partial charge in [-0.15, -0.1) is 0 Å². The number of nitrogen functional groups attached to an aromatic ring is 1. The van der Waals surface area contributed by atoms with Crippen LogP contribution in [0.25, 0.3) is 22.0 Å². The summed E-state index contributed by atoms with van der Waals surface area (Å²) in [6, 6.07) is 9.55. The number of nitrogens with zero attached hydrogens (tertiary/aromatic N) is 3. The minimum atomic E-state index is -0.100. The smallest absolute Gasteiger partial charge is 0.262 e. The van der Waals surface area contributed by atoms with Crippen molar-refractivity contribution in [2.24, 2.45) is 0 Å². The third-order valence-electron chi connectivity index (χ3n) is 5.00. The SMILES string of the molecule is COc1ncccc1-c1cccc2c(N)c3c(nc12)CN(C1=CC=C1)C3=O. The van der Waals surface area contributed by atoms with Gasteiger partial charge in [0.15, 0.2) is 0 Å². The van der Waals surface area contributed by atoms with E-state index < -0.39 is 0 Å². The lowest BCUT2D eigenvalue weighted by Crippen LogP contribution is -2.24. The number of carbonyl (C=O) groups excluding carboxylic acids is 1. The first-order valence-electron chi connectivity index (χ1n) is 8.59. The fourth-order valence-corrected chi connectivity index (χ4v) is 3.62. The fourth-order valence-electron chi connectivity index (χ4n) is 3.62. The van der Waals surface area contributed by atoms with Crippen molar-refractivity contribution in [1.82, 2.24) is 14.9 Å². The highest BCUT2D eigenvalue weighted by Crippen LogP contribution is 2.39. The molecule has 1 aliphatic carbocycles. The van der Waals surface area contributed by atoms with E-state index in [1.807, 2.05) is 48.6 Å². The summed E-state index contributed by atoms with van der Waals surface area (Å²) in [5, 5.41) is 0.755. The van der Waals surface area contributed by atoms with Crippen molar-refractivity contribution in [3.8, 4) is 17.0 Å². The van der Waals surface area contributed by atoms with Crippen molar-refractivity contribution >= 4 is 22.5 Å². The van der Waals surface area contributed by atoms with E-state index in [9.17, 15) is 4.79 Å². The summed E-state index contributed by atoms with van der Waals surface area (Å²) in [6.45, 7) is 0.420. The second-order valence-corrected chi connectivity index (χ2v) is 6.45. The summed E-state index contributed by atoms with van der Waals surface area (Å²) in [5.74, 6) is 0.421. The number of carbonyl (C=O) groups is 1. The van der Waals surface area contributed by atoms with Gasteiger partial charge in [-0.3, -0.25) is 4.79 Å². The Labute approximate surface area is 155 Å². The number of methoxy groups -OCH3 is 1. The molecule has 0 bridgehead atoms. The molecule has 2 N–H and O–H groups in total. The lowest BCUT2D eigenvalue weighted by molar-refractivity contribution is 0.0831. The number of amides is 1. The second-order valence-electron chi connectivity index (χ2n) is 6.45. The number of allylic oxidation sites excluding steroid dienone is 3. The number of pyridine rings is 2. The zero-order chi connectivity index (χ0) is 18.5. The predicted molar refractivity (Wildman–Crippen MR) is 103 cm³/mol. The molecule has 0 spiro atoms. The predicted octanol–water partition coefficient (Wildman–Crippen LogP) is 3.30. The highest BCUT2D eigenvalue weighted by atomic mass is 16.5. The lowest BCUT2D eigenvalue weighted by Gasteiger charge is -2.19. The van der Waals surface area contributed by atoms with Gasteiger partial charge in [0.25, 0.3) is 5.91 Å². The third kappa shape index (κ3) is 2.16. The number of hydrogen-bond acceptors (Lipinski definition) is 5. The van der Waals surface area contributed by atoms with Gasteiger partial charge in [0.1, 0.15) is 0 Å². The molecule has 0 radical (unpaired) electrons. The molecule has 3 aromatic rings. The number of benzene rings is 1. The van der Waals surface area contributed by atoms with Gasteiger partial charge in [0.2, 0.25) is 5.88 Å². The quantitative estimate of drug-likeness (QED) is 0.779. The molecule has 0 unspecified atom stereocenters. The van der Waals surface area contributed by atoms with Crippen LogP contribution in [0.5, 0.6) is 5.88 Å². The van der Waals surface area contributed by atoms with Gasteiger partial charge in [-0.25, -0.2) is 9.97 Å². The van der Waals surface area contributed by atoms with Gasteiger partial charge in [0.05, 0.1) is 36.1 Å². The molecule has 27 heavy (non-hydrogen) atoms. The first-order valence-corrected chi connectivity index (χ1v) is 8.59. The van der Waals surface area contributed by atoms with Crippen LogP contribution < -0.4 is 10.5 Å². The topological polar surface area (TPSA) is 81.3 Å². The van der Waals surface area contributed by atoms with Crippen molar-refractivity contribution in [2.75, 3.05) is 12.8 Å². The summed E-state index contributed by atoms with van der Waals surface area (Å²) in [6.07, 6.45) is 7.41. The number of aromatic nitrogens is 2. The molecule has 1 aliphatic heterocycles. The Morgan fingerprint density at radius 1 is 1.19 bits per heavy atom. The van der Waals surface area contributed by atoms with E-state index in [4.69, 9.17) is 15.5 Å². The maximum absolute atomic E-state index is 12.9. The number of nitrogens with two attached hydrogens (primary N) is 1. The van der Waals surface area contributed by atoms with Gasteiger partial charge >= 0.3 is 0 Å². The first-order chi connectivity index (χ1) is 13.2. The summed E-state index contributed by atoms with van der Waals surface area (Å²) >= 11 is 0. The van der Waals surface area contributed by atoms with Crippen LogP contribution in [0.3, 0.4) is 0 Å². The number of hydrogen-bond donors (Lipinski definition) is 1. The second kappa shape index (κ2) is 5.67. The van der Waals surface area contributed by atoms with Crippen LogP contribution in [-0.4, -0.2) is 27.9 Å². The van der Waals surface area contributed by atoms with E-state index in [0.29, 0.717) is 29.4 Å². The minimum Gasteiger partial charge on any atom is -0.481 e. The largest absolute Gasteiger partial charge is 0.481 e. The number of anilines is 1. The highest BCUT2D eigenvalue weighted by Gasteiger charge is 2.34. The molecule has 2 aromatic heterocycles. The Hall–Kier alpha value is -3.67. The molecular weight excluding hydrogens is 340 g/mol. The zero-order valence-corrected chi connectivity index (χ0v) is 14.6. The minimum absolute atomic E-state index is 0.100. The van der Waals surface area contributed by atoms with E-state index >= 15 is 0 Å². The normalized spacial score (nSPS) is 14.9. The third-order valence-corrected chi connectivity index (χ3v) is 5.00. The average Bonchev–Trinajstić information content (AvgIpc) is 2.96. The van der Waals surface area contributed by atoms with Crippen LogP contribution in [-0.2, 0) is 6.54 Å². The number of ether oxygens (including phenoxy) is 1. The molecule has 0 atom stereocenters. The van der Waals surface area contributed by atoms with Crippen molar-refractivity contribution < 1.29 is 9.53 Å². The molecule has 5 rings (SSSR count). The number of para-hydroxylation sites is 1. The van der Waals surface area contributed by atoms with Crippen LogP contribution in [0.15, 0.2) is 60.5 Å². The molecule has 0 saturated carbocycles. The van der Waals surface area contributed by atoms with Gasteiger partial charge in [-0.05, 0) is 24.3 Å². The van der Waals surface area contributed by atoms with Crippen LogP contribution in [0.4, 0.5) is 5.69 Å². The number of fused-ring (bicyclic) bond motifs is 2. The molecule has 132 valence electrons. The van der Waals surface area contributed by atoms with Crippen molar-refractivity contribution in [2.45, 2.75) is 6.54 Å². The van der Waals surface area contributed by atoms with Crippen LogP contribution in [0.1, 0.15) is 16.1 Å². The summed E-state index contributed by atoms with van der Waals surface area (Å²) in [7, 11) is 1.59. The summed E-state index contributed by atoms with van der Waals surface area (Å²) < 4.78 is 5.41. The first kappa shape index (κ1) is 15.6. The van der Waals surface area contributed by atoms with Crippen LogP contribution in [0, 0.1) is 0 Å². The van der Waals surface area contributed by atoms with Gasteiger partial charge < -0.3 is 15.4 Å². The molecular formula is C21H16N4O2. The highest BCUT2D eigenvalue weighted by molar-refractivity contribution is 6.12. The Balaban J connectivity index is 1.74. The summed E-state index contributed by atoms with van der Waals surface area (Å²) in [4.78, 5) is 23.7. The molecule has 1 aromatic carbocycles. The van der Waals surface area contributed by atoms with Crippen molar-refractivity contribution in [3.05, 3.63) is 71.7 Å². The molecule has 1 amide bonds. The van der Waals surface area contributed by atoms with Crippen LogP contribution in [0.2, 0.25) is 0 Å². The summed E-state index contributed by atoms with van der Waals surface area (Å²) in [5.41, 5.74) is 11.4. The number of rotatable bonds is 3. The molecule has 2 aliphatic rings. The molecule has 6 nitrogen and oxygen atoms in total. The van der Waals surface area contributed by atoms with Crippen LogP contribution >= 0.6 is 0 Å². The van der Waals surface area contributed by atoms with Gasteiger partial charge in [-0.2, -0.15) is 0 Å².